The maximum atomic E-state index is 12.5. The van der Waals surface area contributed by atoms with Crippen LogP contribution in [0.25, 0.3) is 0 Å². The van der Waals surface area contributed by atoms with Crippen molar-refractivity contribution in [1.82, 2.24) is 15.1 Å². The molecule has 8 heteroatoms. The number of rotatable bonds is 6. The minimum atomic E-state index is -0.487. The molecule has 8 nitrogen and oxygen atoms in total. The summed E-state index contributed by atoms with van der Waals surface area (Å²) >= 11 is 0. The number of nitrogens with zero attached hydrogens (tertiary/aromatic N) is 2. The van der Waals surface area contributed by atoms with Gasteiger partial charge in [0.15, 0.2) is 5.75 Å². The van der Waals surface area contributed by atoms with Crippen LogP contribution in [0.4, 0.5) is 5.69 Å². The molecule has 0 bridgehead atoms. The average molecular weight is 344 g/mol. The Morgan fingerprint density at radius 2 is 2.16 bits per heavy atom. The number of carbonyl (C=O) groups excluding carboxylic acids is 2. The van der Waals surface area contributed by atoms with E-state index in [0.29, 0.717) is 11.4 Å². The van der Waals surface area contributed by atoms with E-state index in [4.69, 9.17) is 4.74 Å². The number of aromatic hydroxyl groups is 1. The maximum Gasteiger partial charge on any atom is 0.251 e. The fraction of sp³-hybridized carbons (Fsp3) is 0.235. The van der Waals surface area contributed by atoms with Crippen LogP contribution in [0.5, 0.6) is 11.5 Å². The van der Waals surface area contributed by atoms with Crippen molar-refractivity contribution in [3.63, 3.8) is 0 Å². The van der Waals surface area contributed by atoms with Crippen LogP contribution in [-0.4, -0.2) is 33.8 Å². The van der Waals surface area contributed by atoms with E-state index in [1.165, 1.54) is 25.3 Å². The largest absolute Gasteiger partial charge is 0.506 e. The fourth-order valence-corrected chi connectivity index (χ4v) is 2.25. The normalized spacial score (nSPS) is 11.5. The summed E-state index contributed by atoms with van der Waals surface area (Å²) in [6.07, 6.45) is 2.78. The molecular formula is C17H20N4O4. The van der Waals surface area contributed by atoms with Gasteiger partial charge in [0, 0.05) is 12.6 Å². The second-order valence-electron chi connectivity index (χ2n) is 5.38. The molecule has 0 radical (unpaired) electrons. The van der Waals surface area contributed by atoms with Gasteiger partial charge < -0.3 is 20.5 Å². The van der Waals surface area contributed by atoms with Crippen LogP contribution in [0.2, 0.25) is 0 Å². The Labute approximate surface area is 145 Å². The summed E-state index contributed by atoms with van der Waals surface area (Å²) in [5.74, 6) is -0.445. The number of anilines is 1. The lowest BCUT2D eigenvalue weighted by molar-refractivity contribution is -0.111. The van der Waals surface area contributed by atoms with Crippen LogP contribution in [0.15, 0.2) is 37.1 Å². The molecule has 0 aliphatic heterocycles. The molecule has 2 rings (SSSR count). The molecule has 0 saturated heterocycles. The van der Waals surface area contributed by atoms with Crippen LogP contribution in [0.1, 0.15) is 29.0 Å². The lowest BCUT2D eigenvalue weighted by atomic mass is 10.1. The lowest BCUT2D eigenvalue weighted by Crippen LogP contribution is -2.27. The highest BCUT2D eigenvalue weighted by Crippen LogP contribution is 2.26. The van der Waals surface area contributed by atoms with Gasteiger partial charge >= 0.3 is 0 Å². The zero-order chi connectivity index (χ0) is 18.6. The van der Waals surface area contributed by atoms with Gasteiger partial charge in [0.2, 0.25) is 5.91 Å². The topological polar surface area (TPSA) is 105 Å². The minimum absolute atomic E-state index is 0.126. The number of hydrogen-bond donors (Lipinski definition) is 3. The number of aromatic nitrogens is 2. The summed E-state index contributed by atoms with van der Waals surface area (Å²) in [4.78, 5) is 23.8. The second kappa shape index (κ2) is 7.52. The summed E-state index contributed by atoms with van der Waals surface area (Å²) in [5, 5.41) is 19.3. The number of hydrogen-bond acceptors (Lipinski definition) is 5. The first kappa shape index (κ1) is 18.1. The van der Waals surface area contributed by atoms with Crippen LogP contribution in [0, 0.1) is 0 Å². The van der Waals surface area contributed by atoms with Crippen molar-refractivity contribution in [2.24, 2.45) is 7.05 Å². The molecule has 1 aromatic carbocycles. The first-order valence-electron chi connectivity index (χ1n) is 7.50. The van der Waals surface area contributed by atoms with Crippen molar-refractivity contribution in [2.75, 3.05) is 12.4 Å². The van der Waals surface area contributed by atoms with Gasteiger partial charge in [-0.15, -0.1) is 0 Å². The third kappa shape index (κ3) is 4.17. The predicted octanol–water partition coefficient (Wildman–Crippen LogP) is 1.75. The first-order chi connectivity index (χ1) is 11.8. The van der Waals surface area contributed by atoms with Gasteiger partial charge in [-0.1, -0.05) is 6.58 Å². The number of benzene rings is 1. The molecule has 132 valence electrons. The SMILES string of the molecule is C=CC(=O)Nc1cc(C(=O)NC(C)c2nn(C)cc2OC)ccc1O. The second-order valence-corrected chi connectivity index (χ2v) is 5.38. The lowest BCUT2D eigenvalue weighted by Gasteiger charge is -2.14. The highest BCUT2D eigenvalue weighted by molar-refractivity contribution is 6.02. The van der Waals surface area contributed by atoms with Crippen molar-refractivity contribution < 1.29 is 19.4 Å². The van der Waals surface area contributed by atoms with Gasteiger partial charge in [-0.25, -0.2) is 0 Å². The van der Waals surface area contributed by atoms with Crippen LogP contribution in [-0.2, 0) is 11.8 Å². The summed E-state index contributed by atoms with van der Waals surface area (Å²) in [5.41, 5.74) is 0.997. The fourth-order valence-electron chi connectivity index (χ4n) is 2.25. The van der Waals surface area contributed by atoms with E-state index in [1.54, 1.807) is 24.9 Å². The van der Waals surface area contributed by atoms with E-state index < -0.39 is 11.9 Å². The maximum absolute atomic E-state index is 12.5. The Kier molecular flexibility index (Phi) is 5.43. The highest BCUT2D eigenvalue weighted by Gasteiger charge is 2.19. The minimum Gasteiger partial charge on any atom is -0.506 e. The first-order valence-corrected chi connectivity index (χ1v) is 7.50. The van der Waals surface area contributed by atoms with Crippen molar-refractivity contribution in [2.45, 2.75) is 13.0 Å². The predicted molar refractivity (Wildman–Crippen MR) is 92.6 cm³/mol. The van der Waals surface area contributed by atoms with E-state index in [2.05, 4.69) is 22.3 Å². The molecule has 0 fully saturated rings. The molecule has 1 atom stereocenters. The van der Waals surface area contributed by atoms with Gasteiger partial charge in [-0.2, -0.15) is 5.10 Å². The van der Waals surface area contributed by atoms with Gasteiger partial charge in [0.25, 0.3) is 5.91 Å². The summed E-state index contributed by atoms with van der Waals surface area (Å²) in [6.45, 7) is 5.12. The highest BCUT2D eigenvalue weighted by atomic mass is 16.5. The molecule has 0 spiro atoms. The van der Waals surface area contributed by atoms with Crippen molar-refractivity contribution in [3.8, 4) is 11.5 Å². The van der Waals surface area contributed by atoms with Gasteiger partial charge in [0.1, 0.15) is 11.4 Å². The summed E-state index contributed by atoms with van der Waals surface area (Å²) < 4.78 is 6.84. The Morgan fingerprint density at radius 1 is 1.44 bits per heavy atom. The monoisotopic (exact) mass is 344 g/mol. The molecule has 0 aliphatic rings. The molecule has 3 N–H and O–H groups in total. The third-order valence-corrected chi connectivity index (χ3v) is 3.50. The quantitative estimate of drug-likeness (QED) is 0.547. The molecule has 2 amide bonds. The van der Waals surface area contributed by atoms with Crippen LogP contribution >= 0.6 is 0 Å². The van der Waals surface area contributed by atoms with Gasteiger partial charge in [0.05, 0.1) is 25.0 Å². The number of amides is 2. The molecule has 1 heterocycles. The van der Waals surface area contributed by atoms with E-state index in [0.717, 1.165) is 6.08 Å². The van der Waals surface area contributed by atoms with Gasteiger partial charge in [-0.05, 0) is 31.2 Å². The van der Waals surface area contributed by atoms with E-state index in [9.17, 15) is 14.7 Å². The number of phenolic OH excluding ortho intramolecular Hbond substituents is 1. The number of ether oxygens (including phenoxy) is 1. The number of nitrogens with one attached hydrogen (secondary N) is 2. The molecule has 1 unspecified atom stereocenters. The molecule has 25 heavy (non-hydrogen) atoms. The Balaban J connectivity index is 2.18. The number of carbonyl (C=O) groups is 2. The number of phenols is 1. The summed E-state index contributed by atoms with van der Waals surface area (Å²) in [7, 11) is 3.29. The number of methoxy groups -OCH3 is 1. The van der Waals surface area contributed by atoms with Gasteiger partial charge in [-0.3, -0.25) is 14.3 Å². The van der Waals surface area contributed by atoms with Crippen molar-refractivity contribution >= 4 is 17.5 Å². The van der Waals surface area contributed by atoms with Crippen LogP contribution in [0.3, 0.4) is 0 Å². The Hall–Kier alpha value is -3.29. The zero-order valence-corrected chi connectivity index (χ0v) is 14.2. The molecule has 2 aromatic rings. The Morgan fingerprint density at radius 3 is 2.80 bits per heavy atom. The molecule has 1 aromatic heterocycles. The van der Waals surface area contributed by atoms with Crippen molar-refractivity contribution in [1.29, 1.82) is 0 Å². The molecule has 0 aliphatic carbocycles. The van der Waals surface area contributed by atoms with Crippen LogP contribution < -0.4 is 15.4 Å². The summed E-state index contributed by atoms with van der Waals surface area (Å²) in [6, 6.07) is 3.77. The van der Waals surface area contributed by atoms with E-state index in [1.807, 2.05) is 0 Å². The van der Waals surface area contributed by atoms with E-state index >= 15 is 0 Å². The average Bonchev–Trinajstić information content (AvgIpc) is 2.97. The third-order valence-electron chi connectivity index (χ3n) is 3.50. The molecule has 0 saturated carbocycles. The molecular weight excluding hydrogens is 324 g/mol. The Bertz CT molecular complexity index is 813. The van der Waals surface area contributed by atoms with E-state index in [-0.39, 0.29) is 22.9 Å². The smallest absolute Gasteiger partial charge is 0.251 e. The zero-order valence-electron chi connectivity index (χ0n) is 14.2. The van der Waals surface area contributed by atoms with Crippen molar-refractivity contribution in [3.05, 3.63) is 48.3 Å². The number of aryl methyl sites for hydroxylation is 1. The standard InChI is InChI=1S/C17H20N4O4/c1-5-15(23)19-12-8-11(6-7-13(12)22)17(24)18-10(2)16-14(25-4)9-21(3)20-16/h5-10,22H,1H2,2-4H3,(H,18,24)(H,19,23).